The Bertz CT molecular complexity index is 1180. The molecule has 0 radical (unpaired) electrons. The highest BCUT2D eigenvalue weighted by Gasteiger charge is 2.48. The maximum atomic E-state index is 11.3. The molecule has 0 fully saturated rings. The summed E-state index contributed by atoms with van der Waals surface area (Å²) in [5.74, 6) is -0.432. The second-order valence-corrected chi connectivity index (χ2v) is 7.36. The summed E-state index contributed by atoms with van der Waals surface area (Å²) in [7, 11) is 1.58. The molecule has 5 rings (SSSR count). The first-order valence-electron chi connectivity index (χ1n) is 9.49. The van der Waals surface area contributed by atoms with Crippen molar-refractivity contribution in [3.05, 3.63) is 78.9 Å². The van der Waals surface area contributed by atoms with Crippen molar-refractivity contribution in [3.63, 3.8) is 0 Å². The SMILES string of the molecule is COC1(C)Oc2ccc(-c3ccc4ccccc4n3)cc2[C@@H](O)[C@@H]1n1ccnc1. The van der Waals surface area contributed by atoms with Crippen LogP contribution in [0.25, 0.3) is 22.2 Å². The Kier molecular flexibility index (Phi) is 4.12. The van der Waals surface area contributed by atoms with E-state index < -0.39 is 17.9 Å². The number of benzene rings is 2. The number of aromatic nitrogens is 3. The molecule has 4 aromatic rings. The van der Waals surface area contributed by atoms with Gasteiger partial charge in [0, 0.05) is 42.9 Å². The molecular weight excluding hydrogens is 366 g/mol. The number of fused-ring (bicyclic) bond motifs is 2. The number of ether oxygens (including phenoxy) is 2. The molecule has 6 heteroatoms. The van der Waals surface area contributed by atoms with Gasteiger partial charge < -0.3 is 19.1 Å². The Balaban J connectivity index is 1.60. The van der Waals surface area contributed by atoms with Gasteiger partial charge >= 0.3 is 0 Å². The highest BCUT2D eigenvalue weighted by atomic mass is 16.7. The van der Waals surface area contributed by atoms with E-state index in [0.717, 1.165) is 22.2 Å². The van der Waals surface area contributed by atoms with Gasteiger partial charge in [0.2, 0.25) is 5.79 Å². The van der Waals surface area contributed by atoms with Gasteiger partial charge in [0.05, 0.1) is 17.5 Å². The van der Waals surface area contributed by atoms with Crippen LogP contribution >= 0.6 is 0 Å². The van der Waals surface area contributed by atoms with Crippen LogP contribution in [0.4, 0.5) is 0 Å². The van der Waals surface area contributed by atoms with Crippen molar-refractivity contribution in [1.29, 1.82) is 0 Å². The monoisotopic (exact) mass is 387 g/mol. The standard InChI is InChI=1S/C23H21N3O3/c1-23(28-2)22(26-12-11-24-14-26)21(27)17-13-16(8-10-20(17)29-23)19-9-7-15-5-3-4-6-18(15)25-19/h3-14,21-22,27H,1-2H3/t21-,22+,23?/m1/s1. The molecule has 0 saturated heterocycles. The molecule has 1 N–H and O–H groups in total. The maximum absolute atomic E-state index is 11.3. The van der Waals surface area contributed by atoms with Crippen LogP contribution in [-0.2, 0) is 4.74 Å². The van der Waals surface area contributed by atoms with Crippen molar-refractivity contribution >= 4 is 10.9 Å². The molecule has 3 heterocycles. The summed E-state index contributed by atoms with van der Waals surface area (Å²) >= 11 is 0. The molecule has 0 aliphatic carbocycles. The van der Waals surface area contributed by atoms with Crippen LogP contribution in [0.3, 0.4) is 0 Å². The molecule has 2 aromatic carbocycles. The van der Waals surface area contributed by atoms with Gasteiger partial charge in [-0.2, -0.15) is 0 Å². The molecule has 0 bridgehead atoms. The van der Waals surface area contributed by atoms with Gasteiger partial charge in [-0.15, -0.1) is 0 Å². The Hall–Kier alpha value is -3.22. The van der Waals surface area contributed by atoms with Crippen molar-refractivity contribution in [2.24, 2.45) is 0 Å². The zero-order valence-electron chi connectivity index (χ0n) is 16.2. The van der Waals surface area contributed by atoms with Gasteiger partial charge in [-0.05, 0) is 30.3 Å². The molecule has 0 amide bonds. The van der Waals surface area contributed by atoms with E-state index in [1.54, 1.807) is 25.8 Å². The molecule has 29 heavy (non-hydrogen) atoms. The predicted molar refractivity (Wildman–Crippen MR) is 109 cm³/mol. The van der Waals surface area contributed by atoms with Crippen LogP contribution in [-0.4, -0.2) is 32.5 Å². The Morgan fingerprint density at radius 3 is 2.79 bits per heavy atom. The lowest BCUT2D eigenvalue weighted by molar-refractivity contribution is -0.214. The first-order valence-corrected chi connectivity index (χ1v) is 9.49. The van der Waals surface area contributed by atoms with Crippen LogP contribution < -0.4 is 4.74 Å². The first kappa shape index (κ1) is 17.8. The lowest BCUT2D eigenvalue weighted by atomic mass is 9.90. The summed E-state index contributed by atoms with van der Waals surface area (Å²) in [6.07, 6.45) is 4.30. The van der Waals surface area contributed by atoms with Crippen LogP contribution in [0.2, 0.25) is 0 Å². The first-order chi connectivity index (χ1) is 14.1. The minimum absolute atomic E-state index is 0.484. The summed E-state index contributed by atoms with van der Waals surface area (Å²) in [4.78, 5) is 8.88. The largest absolute Gasteiger partial charge is 0.460 e. The summed E-state index contributed by atoms with van der Waals surface area (Å²) in [5.41, 5.74) is 3.40. The number of nitrogens with zero attached hydrogens (tertiary/aromatic N) is 3. The van der Waals surface area contributed by atoms with E-state index >= 15 is 0 Å². The van der Waals surface area contributed by atoms with Crippen LogP contribution in [0.5, 0.6) is 5.75 Å². The number of aliphatic hydroxyl groups excluding tert-OH is 1. The minimum Gasteiger partial charge on any atom is -0.460 e. The van der Waals surface area contributed by atoms with E-state index in [-0.39, 0.29) is 0 Å². The molecule has 1 aliphatic heterocycles. The fourth-order valence-corrected chi connectivity index (χ4v) is 4.02. The zero-order chi connectivity index (χ0) is 20.0. The van der Waals surface area contributed by atoms with Gasteiger partial charge in [0.15, 0.2) is 0 Å². The number of rotatable bonds is 3. The van der Waals surface area contributed by atoms with Gasteiger partial charge in [-0.3, -0.25) is 0 Å². The van der Waals surface area contributed by atoms with Gasteiger partial charge in [-0.1, -0.05) is 24.3 Å². The Morgan fingerprint density at radius 2 is 2.00 bits per heavy atom. The molecule has 146 valence electrons. The number of hydrogen-bond acceptors (Lipinski definition) is 5. The molecule has 0 saturated carbocycles. The highest BCUT2D eigenvalue weighted by molar-refractivity contribution is 5.81. The molecular formula is C23H21N3O3. The lowest BCUT2D eigenvalue weighted by Gasteiger charge is -2.44. The predicted octanol–water partition coefficient (Wildman–Crippen LogP) is 4.13. The van der Waals surface area contributed by atoms with E-state index in [0.29, 0.717) is 11.3 Å². The van der Waals surface area contributed by atoms with Gasteiger partial charge in [-0.25, -0.2) is 9.97 Å². The number of imidazole rings is 1. The topological polar surface area (TPSA) is 69.4 Å². The molecule has 6 nitrogen and oxygen atoms in total. The second-order valence-electron chi connectivity index (χ2n) is 7.36. The summed E-state index contributed by atoms with van der Waals surface area (Å²) in [6.45, 7) is 1.82. The van der Waals surface area contributed by atoms with E-state index in [1.165, 1.54) is 0 Å². The van der Waals surface area contributed by atoms with Crippen molar-refractivity contribution in [2.75, 3.05) is 7.11 Å². The average molecular weight is 387 g/mol. The number of aliphatic hydroxyl groups is 1. The normalized spacial score (nSPS) is 23.6. The molecule has 2 aromatic heterocycles. The molecule has 1 aliphatic rings. The Labute approximate surface area is 168 Å². The van der Waals surface area contributed by atoms with Crippen molar-refractivity contribution in [3.8, 4) is 17.0 Å². The average Bonchev–Trinajstić information content (AvgIpc) is 3.27. The summed E-state index contributed by atoms with van der Waals surface area (Å²) < 4.78 is 13.7. The minimum atomic E-state index is -1.03. The third-order valence-corrected chi connectivity index (χ3v) is 5.62. The van der Waals surface area contributed by atoms with Crippen LogP contribution in [0, 0.1) is 0 Å². The zero-order valence-corrected chi connectivity index (χ0v) is 16.2. The fraction of sp³-hybridized carbons (Fsp3) is 0.217. The third-order valence-electron chi connectivity index (χ3n) is 5.62. The highest BCUT2D eigenvalue weighted by Crippen LogP contribution is 2.47. The van der Waals surface area contributed by atoms with Crippen molar-refractivity contribution < 1.29 is 14.6 Å². The molecule has 1 unspecified atom stereocenters. The van der Waals surface area contributed by atoms with Gasteiger partial charge in [0.1, 0.15) is 17.9 Å². The van der Waals surface area contributed by atoms with Crippen molar-refractivity contribution in [1.82, 2.24) is 14.5 Å². The number of para-hydroxylation sites is 1. The lowest BCUT2D eigenvalue weighted by Crippen LogP contribution is -2.49. The van der Waals surface area contributed by atoms with Crippen LogP contribution in [0.1, 0.15) is 24.6 Å². The van der Waals surface area contributed by atoms with Gasteiger partial charge in [0.25, 0.3) is 0 Å². The molecule has 3 atom stereocenters. The van der Waals surface area contributed by atoms with Crippen molar-refractivity contribution in [2.45, 2.75) is 24.9 Å². The van der Waals surface area contributed by atoms with E-state index in [1.807, 2.05) is 60.0 Å². The maximum Gasteiger partial charge on any atom is 0.231 e. The van der Waals surface area contributed by atoms with Crippen LogP contribution in [0.15, 0.2) is 73.3 Å². The van der Waals surface area contributed by atoms with E-state index in [4.69, 9.17) is 14.5 Å². The smallest absolute Gasteiger partial charge is 0.231 e. The van der Waals surface area contributed by atoms with E-state index in [2.05, 4.69) is 11.1 Å². The quantitative estimate of drug-likeness (QED) is 0.572. The molecule has 0 spiro atoms. The number of pyridine rings is 1. The van der Waals surface area contributed by atoms with E-state index in [9.17, 15) is 5.11 Å². The second kappa shape index (κ2) is 6.69. The Morgan fingerprint density at radius 1 is 1.14 bits per heavy atom. The summed E-state index contributed by atoms with van der Waals surface area (Å²) in [6, 6.07) is 17.3. The fourth-order valence-electron chi connectivity index (χ4n) is 4.02. The summed E-state index contributed by atoms with van der Waals surface area (Å²) in [5, 5.41) is 12.4. The third kappa shape index (κ3) is 2.88. The number of methoxy groups -OCH3 is 1. The number of hydrogen-bond donors (Lipinski definition) is 1.